The predicted molar refractivity (Wildman–Crippen MR) is 39.6 cm³/mol. The Labute approximate surface area is 72.0 Å². The second-order valence-electron chi connectivity index (χ2n) is 2.38. The van der Waals surface area contributed by atoms with Gasteiger partial charge in [-0.05, 0) is 6.07 Å². The summed E-state index contributed by atoms with van der Waals surface area (Å²) in [5.41, 5.74) is 3.61. The van der Waals surface area contributed by atoms with Gasteiger partial charge in [-0.3, -0.25) is 4.98 Å². The zero-order chi connectivity index (χ0) is 10.1. The molecule has 6 heteroatoms. The summed E-state index contributed by atoms with van der Waals surface area (Å²) in [5, 5.41) is 8.64. The van der Waals surface area contributed by atoms with Gasteiger partial charge in [0.2, 0.25) is 0 Å². The van der Waals surface area contributed by atoms with E-state index in [-0.39, 0.29) is 11.3 Å². The number of aliphatic hydroxyl groups excluding tert-OH is 1. The van der Waals surface area contributed by atoms with Crippen LogP contribution in [0.5, 0.6) is 0 Å². The zero-order valence-electron chi connectivity index (χ0n) is 6.47. The molecular weight excluding hydrogens is 185 g/mol. The van der Waals surface area contributed by atoms with Crippen LogP contribution in [0.25, 0.3) is 0 Å². The Morgan fingerprint density at radius 1 is 1.46 bits per heavy atom. The number of nitrogen functional groups attached to an aromatic ring is 1. The summed E-state index contributed by atoms with van der Waals surface area (Å²) in [6.07, 6.45) is -3.62. The van der Waals surface area contributed by atoms with E-state index < -0.39 is 18.5 Å². The van der Waals surface area contributed by atoms with E-state index >= 15 is 0 Å². The molecule has 0 radical (unpaired) electrons. The van der Waals surface area contributed by atoms with Gasteiger partial charge in [-0.25, -0.2) is 0 Å². The molecule has 1 rings (SSSR count). The Kier molecular flexibility index (Phi) is 2.42. The first-order chi connectivity index (χ1) is 5.96. The molecule has 0 spiro atoms. The molecule has 0 aliphatic rings. The van der Waals surface area contributed by atoms with E-state index in [2.05, 4.69) is 4.98 Å². The number of hydrogen-bond donors (Lipinski definition) is 2. The normalized spacial score (nSPS) is 11.7. The smallest absolute Gasteiger partial charge is 0.398 e. The molecule has 0 aliphatic carbocycles. The number of hydrogen-bond acceptors (Lipinski definition) is 3. The van der Waals surface area contributed by atoms with Crippen molar-refractivity contribution in [3.8, 4) is 0 Å². The van der Waals surface area contributed by atoms with Gasteiger partial charge in [0, 0.05) is 17.4 Å². The van der Waals surface area contributed by atoms with Crippen molar-refractivity contribution in [1.82, 2.24) is 4.98 Å². The van der Waals surface area contributed by atoms with Gasteiger partial charge >= 0.3 is 6.18 Å². The molecule has 1 aromatic heterocycles. The van der Waals surface area contributed by atoms with Gasteiger partial charge in [0.15, 0.2) is 5.69 Å². The molecule has 0 aliphatic heterocycles. The summed E-state index contributed by atoms with van der Waals surface area (Å²) in [4.78, 5) is 3.12. The van der Waals surface area contributed by atoms with E-state index in [1.807, 2.05) is 0 Å². The fourth-order valence-electron chi connectivity index (χ4n) is 0.918. The molecule has 0 saturated carbocycles. The molecule has 1 aromatic rings. The van der Waals surface area contributed by atoms with Crippen molar-refractivity contribution in [2.24, 2.45) is 0 Å². The van der Waals surface area contributed by atoms with Crippen LogP contribution in [-0.2, 0) is 12.8 Å². The number of nitrogens with two attached hydrogens (primary N) is 1. The molecule has 3 N–H and O–H groups in total. The SMILES string of the molecule is Nc1ccnc(C(F)(F)F)c1CO. The lowest BCUT2D eigenvalue weighted by molar-refractivity contribution is -0.142. The fraction of sp³-hybridized carbons (Fsp3) is 0.286. The summed E-state index contributed by atoms with van der Waals surface area (Å²) < 4.78 is 36.6. The van der Waals surface area contributed by atoms with E-state index in [1.165, 1.54) is 6.07 Å². The van der Waals surface area contributed by atoms with Gasteiger partial charge in [-0.2, -0.15) is 13.2 Å². The van der Waals surface area contributed by atoms with Crippen molar-refractivity contribution in [3.05, 3.63) is 23.5 Å². The summed E-state index contributed by atoms with van der Waals surface area (Å²) in [6, 6.07) is 1.21. The third-order valence-corrected chi connectivity index (χ3v) is 1.52. The fourth-order valence-corrected chi connectivity index (χ4v) is 0.918. The predicted octanol–water partition coefficient (Wildman–Crippen LogP) is 1.17. The molecule has 0 bridgehead atoms. The van der Waals surface area contributed by atoms with Crippen LogP contribution in [-0.4, -0.2) is 10.1 Å². The lowest BCUT2D eigenvalue weighted by Gasteiger charge is -2.11. The highest BCUT2D eigenvalue weighted by molar-refractivity contribution is 5.48. The highest BCUT2D eigenvalue weighted by Crippen LogP contribution is 2.32. The van der Waals surface area contributed by atoms with E-state index in [0.29, 0.717) is 0 Å². The molecule has 0 atom stereocenters. The molecule has 13 heavy (non-hydrogen) atoms. The van der Waals surface area contributed by atoms with Gasteiger partial charge < -0.3 is 10.8 Å². The number of rotatable bonds is 1. The highest BCUT2D eigenvalue weighted by atomic mass is 19.4. The highest BCUT2D eigenvalue weighted by Gasteiger charge is 2.35. The lowest BCUT2D eigenvalue weighted by atomic mass is 10.1. The van der Waals surface area contributed by atoms with E-state index in [0.717, 1.165) is 6.20 Å². The minimum absolute atomic E-state index is 0.107. The monoisotopic (exact) mass is 192 g/mol. The second-order valence-corrected chi connectivity index (χ2v) is 2.38. The molecule has 0 unspecified atom stereocenters. The summed E-state index contributed by atoms with van der Waals surface area (Å²) >= 11 is 0. The maximum absolute atomic E-state index is 12.2. The van der Waals surface area contributed by atoms with E-state index in [1.54, 1.807) is 0 Å². The zero-order valence-corrected chi connectivity index (χ0v) is 6.47. The molecule has 0 fully saturated rings. The quantitative estimate of drug-likeness (QED) is 0.702. The minimum Gasteiger partial charge on any atom is -0.398 e. The van der Waals surface area contributed by atoms with Crippen LogP contribution in [0.4, 0.5) is 18.9 Å². The van der Waals surface area contributed by atoms with Crippen LogP contribution < -0.4 is 5.73 Å². The topological polar surface area (TPSA) is 59.1 Å². The summed E-state index contributed by atoms with van der Waals surface area (Å²) in [7, 11) is 0. The molecule has 0 saturated heterocycles. The first-order valence-electron chi connectivity index (χ1n) is 3.38. The Balaban J connectivity index is 3.29. The van der Waals surface area contributed by atoms with Crippen LogP contribution in [0.3, 0.4) is 0 Å². The van der Waals surface area contributed by atoms with Crippen molar-refractivity contribution >= 4 is 5.69 Å². The van der Waals surface area contributed by atoms with Crippen molar-refractivity contribution in [2.45, 2.75) is 12.8 Å². The largest absolute Gasteiger partial charge is 0.433 e. The number of halogens is 3. The number of aromatic nitrogens is 1. The number of aliphatic hydroxyl groups is 1. The average Bonchev–Trinajstić information content (AvgIpc) is 2.02. The van der Waals surface area contributed by atoms with Gasteiger partial charge in [0.25, 0.3) is 0 Å². The third kappa shape index (κ3) is 1.89. The summed E-state index contributed by atoms with van der Waals surface area (Å²) in [5.74, 6) is 0. The molecule has 0 amide bonds. The maximum atomic E-state index is 12.2. The van der Waals surface area contributed by atoms with Gasteiger partial charge in [0.05, 0.1) is 6.61 Å². The number of nitrogens with zero attached hydrogens (tertiary/aromatic N) is 1. The molecule has 1 heterocycles. The first-order valence-corrected chi connectivity index (χ1v) is 3.38. The number of alkyl halides is 3. The maximum Gasteiger partial charge on any atom is 0.433 e. The third-order valence-electron chi connectivity index (χ3n) is 1.52. The van der Waals surface area contributed by atoms with Crippen LogP contribution in [0.15, 0.2) is 12.3 Å². The number of pyridine rings is 1. The van der Waals surface area contributed by atoms with Crippen molar-refractivity contribution in [3.63, 3.8) is 0 Å². The van der Waals surface area contributed by atoms with Crippen LogP contribution in [0.1, 0.15) is 11.3 Å². The van der Waals surface area contributed by atoms with Crippen LogP contribution in [0, 0.1) is 0 Å². The van der Waals surface area contributed by atoms with Crippen LogP contribution >= 0.6 is 0 Å². The van der Waals surface area contributed by atoms with Crippen molar-refractivity contribution < 1.29 is 18.3 Å². The Hall–Kier alpha value is -1.30. The molecular formula is C7H7F3N2O. The number of anilines is 1. The molecule has 0 aromatic carbocycles. The van der Waals surface area contributed by atoms with Gasteiger partial charge in [-0.15, -0.1) is 0 Å². The first kappa shape index (κ1) is 9.79. The minimum atomic E-state index is -4.58. The molecule has 3 nitrogen and oxygen atoms in total. The van der Waals surface area contributed by atoms with Crippen molar-refractivity contribution in [2.75, 3.05) is 5.73 Å². The van der Waals surface area contributed by atoms with E-state index in [9.17, 15) is 13.2 Å². The Bertz CT molecular complexity index is 311. The lowest BCUT2D eigenvalue weighted by Crippen LogP contribution is -2.13. The second kappa shape index (κ2) is 3.21. The van der Waals surface area contributed by atoms with Gasteiger partial charge in [0.1, 0.15) is 0 Å². The van der Waals surface area contributed by atoms with Crippen LogP contribution in [0.2, 0.25) is 0 Å². The average molecular weight is 192 g/mol. The van der Waals surface area contributed by atoms with Crippen molar-refractivity contribution in [1.29, 1.82) is 0 Å². The Morgan fingerprint density at radius 3 is 2.46 bits per heavy atom. The van der Waals surface area contributed by atoms with E-state index in [4.69, 9.17) is 10.8 Å². The summed E-state index contributed by atoms with van der Waals surface area (Å²) in [6.45, 7) is -0.769. The molecule has 72 valence electrons. The Morgan fingerprint density at radius 2 is 2.08 bits per heavy atom. The standard InChI is InChI=1S/C7H7F3N2O/c8-7(9,10)6-4(3-13)5(11)1-2-12-6/h1-2,13H,3H2,(H2,11,12). The van der Waals surface area contributed by atoms with Gasteiger partial charge in [-0.1, -0.05) is 0 Å².